The number of hydrogen-bond acceptors (Lipinski definition) is 5. The van der Waals surface area contributed by atoms with Gasteiger partial charge in [0.1, 0.15) is 0 Å². The molecule has 5 nitrogen and oxygen atoms in total. The zero-order chi connectivity index (χ0) is 22.8. The van der Waals surface area contributed by atoms with Crippen LogP contribution < -0.4 is 0 Å². The van der Waals surface area contributed by atoms with Crippen molar-refractivity contribution < 1.29 is 9.53 Å². The highest BCUT2D eigenvalue weighted by Crippen LogP contribution is 2.42. The van der Waals surface area contributed by atoms with Crippen LogP contribution in [-0.2, 0) is 9.53 Å². The largest absolute Gasteiger partial charge is 0.460 e. The average Bonchev–Trinajstić information content (AvgIpc) is 2.78. The zero-order valence-corrected chi connectivity index (χ0v) is 18.7. The molecule has 0 aliphatic carbocycles. The van der Waals surface area contributed by atoms with Crippen molar-refractivity contribution in [2.75, 3.05) is 0 Å². The molecule has 0 saturated heterocycles. The third kappa shape index (κ3) is 3.92. The first-order valence-electron chi connectivity index (χ1n) is 10.7. The van der Waals surface area contributed by atoms with Gasteiger partial charge in [0.2, 0.25) is 0 Å². The molecule has 1 aliphatic heterocycles. The Morgan fingerprint density at radius 2 is 1.81 bits per heavy atom. The number of ether oxygens (including phenoxy) is 1. The second kappa shape index (κ2) is 8.76. The third-order valence-electron chi connectivity index (χ3n) is 5.73. The number of nitrogens with zero attached hydrogens (tertiary/aromatic N) is 3. The molecule has 0 radical (unpaired) electrons. The number of allylic oxidation sites excluding steroid dienone is 1. The van der Waals surface area contributed by atoms with Gasteiger partial charge in [-0.15, -0.1) is 0 Å². The monoisotopic (exact) mass is 423 g/mol. The number of benzene rings is 2. The van der Waals surface area contributed by atoms with Crippen molar-refractivity contribution in [1.29, 1.82) is 5.26 Å². The number of rotatable bonds is 4. The summed E-state index contributed by atoms with van der Waals surface area (Å²) in [7, 11) is 0. The summed E-state index contributed by atoms with van der Waals surface area (Å²) in [6.07, 6.45) is 1.58. The minimum Gasteiger partial charge on any atom is -0.460 e. The molecular formula is C27H25N3O2. The van der Waals surface area contributed by atoms with E-state index in [0.717, 1.165) is 27.6 Å². The average molecular weight is 424 g/mol. The summed E-state index contributed by atoms with van der Waals surface area (Å²) in [5.41, 5.74) is 5.45. The molecule has 4 rings (SSSR count). The second-order valence-corrected chi connectivity index (χ2v) is 8.29. The maximum absolute atomic E-state index is 13.1. The van der Waals surface area contributed by atoms with Gasteiger partial charge in [-0.1, -0.05) is 42.5 Å². The van der Waals surface area contributed by atoms with Crippen LogP contribution in [0.4, 0.5) is 0 Å². The topological polar surface area (TPSA) is 75.3 Å². The summed E-state index contributed by atoms with van der Waals surface area (Å²) in [6, 6.07) is 20.3. The minimum atomic E-state index is -0.570. The lowest BCUT2D eigenvalue weighted by atomic mass is 9.75. The molecule has 2 aromatic carbocycles. The Labute approximate surface area is 188 Å². The summed E-state index contributed by atoms with van der Waals surface area (Å²) in [5.74, 6) is -1.48. The van der Waals surface area contributed by atoms with Crippen LogP contribution in [0.2, 0.25) is 0 Å². The zero-order valence-electron chi connectivity index (χ0n) is 18.7. The maximum atomic E-state index is 13.1. The molecule has 3 aromatic rings. The number of hydrogen-bond donors (Lipinski definition) is 0. The Kier molecular flexibility index (Phi) is 5.87. The first-order chi connectivity index (χ1) is 15.4. The number of pyridine rings is 1. The molecule has 0 amide bonds. The molecule has 0 spiro atoms. The number of carbonyl (C=O) groups excluding carboxylic acids is 1. The number of fused-ring (bicyclic) bond motifs is 1. The molecule has 5 heteroatoms. The van der Waals surface area contributed by atoms with Gasteiger partial charge in [0, 0.05) is 34.5 Å². The van der Waals surface area contributed by atoms with E-state index in [0.29, 0.717) is 17.0 Å². The Bertz CT molecular complexity index is 1280. The molecule has 0 N–H and O–H groups in total. The van der Waals surface area contributed by atoms with Crippen molar-refractivity contribution in [3.63, 3.8) is 0 Å². The Morgan fingerprint density at radius 3 is 2.50 bits per heavy atom. The Balaban J connectivity index is 1.94. The molecule has 32 heavy (non-hydrogen) atoms. The lowest BCUT2D eigenvalue weighted by Crippen LogP contribution is -2.30. The van der Waals surface area contributed by atoms with E-state index in [1.54, 1.807) is 6.92 Å². The summed E-state index contributed by atoms with van der Waals surface area (Å²) in [5, 5.41) is 11.0. The van der Waals surface area contributed by atoms with Gasteiger partial charge in [0.05, 0.1) is 29.2 Å². The quantitative estimate of drug-likeness (QED) is 0.495. The standard InChI is InChI=1S/C27H25N3O2/c1-16(2)32-27(31)25-18(4)30-17(3)23(14-28)26(25)21-11-8-12-24-22(21)13-20(15-29-24)19-9-6-5-7-10-19/h5-13,15-16,23,26H,1-4H3. The van der Waals surface area contributed by atoms with Crippen LogP contribution in [0.15, 0.2) is 77.1 Å². The minimum absolute atomic E-state index is 0.269. The Hall–Kier alpha value is -3.78. The fourth-order valence-corrected chi connectivity index (χ4v) is 4.31. The molecule has 0 bridgehead atoms. The number of aromatic nitrogens is 1. The van der Waals surface area contributed by atoms with Crippen molar-refractivity contribution in [1.82, 2.24) is 4.98 Å². The van der Waals surface area contributed by atoms with Gasteiger partial charge in [0.25, 0.3) is 0 Å². The third-order valence-corrected chi connectivity index (χ3v) is 5.73. The summed E-state index contributed by atoms with van der Waals surface area (Å²) in [4.78, 5) is 22.3. The van der Waals surface area contributed by atoms with Gasteiger partial charge in [-0.2, -0.15) is 5.26 Å². The highest BCUT2D eigenvalue weighted by atomic mass is 16.5. The normalized spacial score (nSPS) is 18.4. The van der Waals surface area contributed by atoms with Crippen LogP contribution >= 0.6 is 0 Å². The summed E-state index contributed by atoms with van der Waals surface area (Å²) >= 11 is 0. The van der Waals surface area contributed by atoms with Crippen LogP contribution in [0.1, 0.15) is 39.2 Å². The lowest BCUT2D eigenvalue weighted by molar-refractivity contribution is -0.143. The van der Waals surface area contributed by atoms with Crippen molar-refractivity contribution >= 4 is 22.6 Å². The Morgan fingerprint density at radius 1 is 1.06 bits per heavy atom. The van der Waals surface area contributed by atoms with Gasteiger partial charge >= 0.3 is 5.97 Å². The molecule has 0 saturated carbocycles. The fourth-order valence-electron chi connectivity index (χ4n) is 4.31. The van der Waals surface area contributed by atoms with Gasteiger partial charge in [0.15, 0.2) is 0 Å². The van der Waals surface area contributed by atoms with Crippen LogP contribution in [0.5, 0.6) is 0 Å². The SMILES string of the molecule is CC1=NC(C)=C(C(=O)OC(C)C)C(c2cccc3ncc(-c4ccccc4)cc23)C1C#N. The first-order valence-corrected chi connectivity index (χ1v) is 10.7. The predicted molar refractivity (Wildman–Crippen MR) is 126 cm³/mol. The van der Waals surface area contributed by atoms with Crippen LogP contribution in [-0.4, -0.2) is 22.8 Å². The van der Waals surface area contributed by atoms with E-state index < -0.39 is 17.8 Å². The van der Waals surface area contributed by atoms with E-state index in [4.69, 9.17) is 4.74 Å². The van der Waals surface area contributed by atoms with Gasteiger partial charge in [-0.25, -0.2) is 4.79 Å². The molecular weight excluding hydrogens is 398 g/mol. The summed E-state index contributed by atoms with van der Waals surface area (Å²) in [6.45, 7) is 7.28. The molecule has 2 unspecified atom stereocenters. The van der Waals surface area contributed by atoms with Crippen LogP contribution in [0.3, 0.4) is 0 Å². The van der Waals surface area contributed by atoms with Crippen molar-refractivity contribution in [3.05, 3.63) is 77.6 Å². The van der Waals surface area contributed by atoms with E-state index >= 15 is 0 Å². The van der Waals surface area contributed by atoms with Crippen LogP contribution in [0.25, 0.3) is 22.0 Å². The van der Waals surface area contributed by atoms with E-state index in [1.807, 2.05) is 75.5 Å². The number of aliphatic imine (C=N–C) groups is 1. The molecule has 2 atom stereocenters. The van der Waals surface area contributed by atoms with E-state index in [1.165, 1.54) is 0 Å². The lowest BCUT2D eigenvalue weighted by Gasteiger charge is -2.30. The summed E-state index contributed by atoms with van der Waals surface area (Å²) < 4.78 is 5.55. The fraction of sp³-hybridized carbons (Fsp3) is 0.259. The highest BCUT2D eigenvalue weighted by molar-refractivity contribution is 6.00. The van der Waals surface area contributed by atoms with E-state index in [2.05, 4.69) is 22.1 Å². The number of esters is 1. The van der Waals surface area contributed by atoms with Crippen molar-refractivity contribution in [3.8, 4) is 17.2 Å². The van der Waals surface area contributed by atoms with Crippen LogP contribution in [0, 0.1) is 17.2 Å². The molecule has 1 aliphatic rings. The number of carbonyl (C=O) groups is 1. The number of nitriles is 1. The molecule has 0 fully saturated rings. The van der Waals surface area contributed by atoms with Crippen molar-refractivity contribution in [2.45, 2.75) is 39.7 Å². The first kappa shape index (κ1) is 21.5. The maximum Gasteiger partial charge on any atom is 0.336 e. The van der Waals surface area contributed by atoms with Gasteiger partial charge in [-0.05, 0) is 51.0 Å². The molecule has 1 aromatic heterocycles. The van der Waals surface area contributed by atoms with E-state index in [9.17, 15) is 10.1 Å². The molecule has 2 heterocycles. The molecule has 160 valence electrons. The van der Waals surface area contributed by atoms with Gasteiger partial charge < -0.3 is 4.74 Å². The highest BCUT2D eigenvalue weighted by Gasteiger charge is 2.38. The van der Waals surface area contributed by atoms with Gasteiger partial charge in [-0.3, -0.25) is 9.98 Å². The second-order valence-electron chi connectivity index (χ2n) is 8.29. The van der Waals surface area contributed by atoms with Crippen molar-refractivity contribution in [2.24, 2.45) is 10.9 Å². The van der Waals surface area contributed by atoms with E-state index in [-0.39, 0.29) is 6.10 Å². The smallest absolute Gasteiger partial charge is 0.336 e. The predicted octanol–water partition coefficient (Wildman–Crippen LogP) is 5.83.